The van der Waals surface area contributed by atoms with Crippen molar-refractivity contribution >= 4 is 73.0 Å². The summed E-state index contributed by atoms with van der Waals surface area (Å²) in [6, 6.07) is 5.74. The summed E-state index contributed by atoms with van der Waals surface area (Å²) in [7, 11) is 0. The Kier molecular flexibility index (Phi) is 6.14. The number of thiazole rings is 1. The van der Waals surface area contributed by atoms with Crippen molar-refractivity contribution in [3.63, 3.8) is 0 Å². The summed E-state index contributed by atoms with van der Waals surface area (Å²) in [6.45, 7) is 1.68. The number of carbonyl (C=O) groups excluding carboxylic acids is 2. The van der Waals surface area contributed by atoms with E-state index in [9.17, 15) is 19.7 Å². The van der Waals surface area contributed by atoms with E-state index in [1.165, 1.54) is 22.8 Å². The van der Waals surface area contributed by atoms with Crippen LogP contribution in [0.5, 0.6) is 0 Å². The van der Waals surface area contributed by atoms with E-state index >= 15 is 0 Å². The topological polar surface area (TPSA) is 104 Å². The van der Waals surface area contributed by atoms with Gasteiger partial charge in [0.25, 0.3) is 5.91 Å². The normalized spacial score (nSPS) is 11.8. The number of aromatic nitrogens is 1. The third-order valence-corrected chi connectivity index (χ3v) is 6.02. The first kappa shape index (κ1) is 20.5. The molecule has 3 rings (SSSR count). The van der Waals surface area contributed by atoms with Gasteiger partial charge in [-0.05, 0) is 25.1 Å². The number of hydrogen-bond acceptors (Lipinski definition) is 7. The van der Waals surface area contributed by atoms with Gasteiger partial charge in [0.2, 0.25) is 0 Å². The molecule has 0 saturated heterocycles. The molecule has 0 aliphatic rings. The van der Waals surface area contributed by atoms with Crippen LogP contribution in [-0.2, 0) is 16.1 Å². The van der Waals surface area contributed by atoms with E-state index in [0.29, 0.717) is 20.3 Å². The average Bonchev–Trinajstić information content (AvgIpc) is 3.21. The molecule has 8 nitrogen and oxygen atoms in total. The van der Waals surface area contributed by atoms with Crippen molar-refractivity contribution in [2.24, 2.45) is 4.99 Å². The van der Waals surface area contributed by atoms with Crippen LogP contribution in [0.15, 0.2) is 29.3 Å². The SMILES string of the molecule is CCOC(=O)Cn1c(=NC(=O)c2ccc([N+](=O)[O-])s2)sc2cc(Cl)cc(Cl)c21. The minimum atomic E-state index is -0.663. The fourth-order valence-electron chi connectivity index (χ4n) is 2.38. The summed E-state index contributed by atoms with van der Waals surface area (Å²) in [6.07, 6.45) is 0. The lowest BCUT2D eigenvalue weighted by atomic mass is 10.3. The number of amides is 1. The van der Waals surface area contributed by atoms with Crippen molar-refractivity contribution < 1.29 is 19.2 Å². The number of nitrogens with zero attached hydrogens (tertiary/aromatic N) is 3. The minimum Gasteiger partial charge on any atom is -0.465 e. The molecule has 0 unspecified atom stereocenters. The molecule has 1 amide bonds. The van der Waals surface area contributed by atoms with Gasteiger partial charge in [0, 0.05) is 11.1 Å². The monoisotopic (exact) mass is 459 g/mol. The number of halogens is 2. The van der Waals surface area contributed by atoms with Crippen LogP contribution < -0.4 is 4.80 Å². The number of nitro groups is 1. The Morgan fingerprint density at radius 3 is 2.68 bits per heavy atom. The summed E-state index contributed by atoms with van der Waals surface area (Å²) in [5.41, 5.74) is 0.493. The molecule has 0 fully saturated rings. The molecule has 0 aliphatic carbocycles. The van der Waals surface area contributed by atoms with E-state index in [0.717, 1.165) is 22.7 Å². The van der Waals surface area contributed by atoms with Crippen molar-refractivity contribution in [1.82, 2.24) is 4.57 Å². The van der Waals surface area contributed by atoms with Crippen LogP contribution in [0, 0.1) is 10.1 Å². The highest BCUT2D eigenvalue weighted by atomic mass is 35.5. The lowest BCUT2D eigenvalue weighted by molar-refractivity contribution is -0.380. The van der Waals surface area contributed by atoms with Gasteiger partial charge in [0.15, 0.2) is 4.80 Å². The Hall–Kier alpha value is -2.27. The summed E-state index contributed by atoms with van der Waals surface area (Å²) in [5, 5.41) is 11.3. The van der Waals surface area contributed by atoms with Crippen LogP contribution in [0.2, 0.25) is 10.0 Å². The number of hydrogen-bond donors (Lipinski definition) is 0. The van der Waals surface area contributed by atoms with Crippen molar-refractivity contribution in [1.29, 1.82) is 0 Å². The van der Waals surface area contributed by atoms with Gasteiger partial charge in [-0.2, -0.15) is 4.99 Å². The first-order valence-corrected chi connectivity index (χ1v) is 10.2. The summed E-state index contributed by atoms with van der Waals surface area (Å²) < 4.78 is 7.08. The third kappa shape index (κ3) is 4.25. The Morgan fingerprint density at radius 1 is 1.29 bits per heavy atom. The molecular weight excluding hydrogens is 449 g/mol. The quantitative estimate of drug-likeness (QED) is 0.321. The summed E-state index contributed by atoms with van der Waals surface area (Å²) in [5.74, 6) is -1.18. The predicted molar refractivity (Wildman–Crippen MR) is 107 cm³/mol. The first-order valence-electron chi connectivity index (χ1n) is 7.77. The highest BCUT2D eigenvalue weighted by Gasteiger charge is 2.18. The number of esters is 1. The van der Waals surface area contributed by atoms with Gasteiger partial charge < -0.3 is 9.30 Å². The maximum Gasteiger partial charge on any atom is 0.326 e. The van der Waals surface area contributed by atoms with Gasteiger partial charge in [-0.25, -0.2) is 0 Å². The van der Waals surface area contributed by atoms with E-state index in [4.69, 9.17) is 27.9 Å². The fourth-order valence-corrected chi connectivity index (χ4v) is 4.89. The van der Waals surface area contributed by atoms with E-state index in [-0.39, 0.29) is 27.8 Å². The van der Waals surface area contributed by atoms with Crippen LogP contribution in [-0.4, -0.2) is 28.0 Å². The zero-order chi connectivity index (χ0) is 20.4. The molecule has 0 spiro atoms. The van der Waals surface area contributed by atoms with E-state index < -0.39 is 16.8 Å². The first-order chi connectivity index (χ1) is 13.3. The summed E-state index contributed by atoms with van der Waals surface area (Å²) >= 11 is 14.2. The minimum absolute atomic E-state index is 0.107. The van der Waals surface area contributed by atoms with Gasteiger partial charge in [-0.3, -0.25) is 19.7 Å². The second kappa shape index (κ2) is 8.39. The zero-order valence-electron chi connectivity index (χ0n) is 14.2. The average molecular weight is 460 g/mol. The number of ether oxygens (including phenoxy) is 1. The lowest BCUT2D eigenvalue weighted by Gasteiger charge is -2.06. The molecule has 3 aromatic rings. The predicted octanol–water partition coefficient (Wildman–Crippen LogP) is 4.28. The number of fused-ring (bicyclic) bond motifs is 1. The second-order valence-electron chi connectivity index (χ2n) is 5.32. The second-order valence-corrected chi connectivity index (χ2v) is 8.24. The maximum absolute atomic E-state index is 12.5. The Labute approximate surface area is 175 Å². The van der Waals surface area contributed by atoms with Gasteiger partial charge in [-0.15, -0.1) is 0 Å². The Morgan fingerprint density at radius 2 is 2.04 bits per heavy atom. The number of thiophene rings is 1. The van der Waals surface area contributed by atoms with Gasteiger partial charge in [0.05, 0.1) is 26.8 Å². The molecule has 2 aromatic heterocycles. The largest absolute Gasteiger partial charge is 0.465 e. The smallest absolute Gasteiger partial charge is 0.326 e. The standard InChI is InChI=1S/C16H11Cl2N3O5S2/c1-2-26-13(22)7-20-14-9(18)5-8(17)6-11(14)28-16(20)19-15(23)10-3-4-12(27-10)21(24)25/h3-6H,2,7H2,1H3. The molecule has 0 aliphatic heterocycles. The van der Waals surface area contributed by atoms with Crippen LogP contribution in [0.3, 0.4) is 0 Å². The van der Waals surface area contributed by atoms with Crippen LogP contribution in [0.4, 0.5) is 5.00 Å². The zero-order valence-corrected chi connectivity index (χ0v) is 17.3. The van der Waals surface area contributed by atoms with Crippen molar-refractivity contribution in [3.05, 3.63) is 54.1 Å². The molecule has 2 heterocycles. The molecule has 1 aromatic carbocycles. The van der Waals surface area contributed by atoms with Crippen molar-refractivity contribution in [2.75, 3.05) is 6.61 Å². The van der Waals surface area contributed by atoms with Crippen LogP contribution in [0.25, 0.3) is 10.2 Å². The van der Waals surface area contributed by atoms with E-state index in [1.807, 2.05) is 0 Å². The maximum atomic E-state index is 12.5. The fraction of sp³-hybridized carbons (Fsp3) is 0.188. The van der Waals surface area contributed by atoms with E-state index in [2.05, 4.69) is 4.99 Å². The molecular formula is C16H11Cl2N3O5S2. The Balaban J connectivity index is 2.13. The number of rotatable bonds is 5. The molecule has 28 heavy (non-hydrogen) atoms. The number of benzene rings is 1. The van der Waals surface area contributed by atoms with Crippen LogP contribution >= 0.6 is 45.9 Å². The van der Waals surface area contributed by atoms with Crippen molar-refractivity contribution in [2.45, 2.75) is 13.5 Å². The molecule has 0 bridgehead atoms. The van der Waals surface area contributed by atoms with Crippen LogP contribution in [0.1, 0.15) is 16.6 Å². The highest BCUT2D eigenvalue weighted by molar-refractivity contribution is 7.17. The van der Waals surface area contributed by atoms with Gasteiger partial charge in [-0.1, -0.05) is 45.9 Å². The van der Waals surface area contributed by atoms with Crippen molar-refractivity contribution in [3.8, 4) is 0 Å². The molecule has 0 radical (unpaired) electrons. The Bertz CT molecular complexity index is 1160. The van der Waals surface area contributed by atoms with E-state index in [1.54, 1.807) is 13.0 Å². The summed E-state index contributed by atoms with van der Waals surface area (Å²) in [4.78, 5) is 39.1. The van der Waals surface area contributed by atoms with Gasteiger partial charge >= 0.3 is 11.0 Å². The highest BCUT2D eigenvalue weighted by Crippen LogP contribution is 2.30. The molecule has 0 N–H and O–H groups in total. The number of carbonyl (C=O) groups is 2. The lowest BCUT2D eigenvalue weighted by Crippen LogP contribution is -2.23. The molecule has 0 atom stereocenters. The molecule has 12 heteroatoms. The molecule has 146 valence electrons. The van der Waals surface area contributed by atoms with Gasteiger partial charge in [0.1, 0.15) is 11.4 Å². The third-order valence-electron chi connectivity index (χ3n) is 3.47. The molecule has 0 saturated carbocycles.